The van der Waals surface area contributed by atoms with Gasteiger partial charge in [-0.1, -0.05) is 25.0 Å². The number of nitrogens with one attached hydrogen (secondary N) is 1. The second kappa shape index (κ2) is 11.6. The normalized spacial score (nSPS) is 15.0. The van der Waals surface area contributed by atoms with Crippen molar-refractivity contribution in [1.29, 1.82) is 0 Å². The summed E-state index contributed by atoms with van der Waals surface area (Å²) in [7, 11) is 0. The zero-order chi connectivity index (χ0) is 19.5. The van der Waals surface area contributed by atoms with Crippen LogP contribution in [0.25, 0.3) is 0 Å². The Kier molecular flexibility index (Phi) is 9.11. The number of carbonyl (C=O) groups excluding carboxylic acids is 2. The first kappa shape index (κ1) is 21.2. The monoisotopic (exact) mass is 375 g/mol. The van der Waals surface area contributed by atoms with Crippen LogP contribution in [0.4, 0.5) is 5.69 Å². The maximum Gasteiger partial charge on any atom is 0.233 e. The summed E-state index contributed by atoms with van der Waals surface area (Å²) in [6.07, 6.45) is 4.93. The van der Waals surface area contributed by atoms with E-state index in [0.29, 0.717) is 31.1 Å². The Bertz CT molecular complexity index is 598. The van der Waals surface area contributed by atoms with Crippen molar-refractivity contribution in [2.45, 2.75) is 46.0 Å². The summed E-state index contributed by atoms with van der Waals surface area (Å²) in [5, 5.41) is 2.80. The van der Waals surface area contributed by atoms with Gasteiger partial charge in [-0.05, 0) is 51.9 Å². The number of hydrogen-bond acceptors (Lipinski definition) is 4. The molecule has 0 saturated carbocycles. The fourth-order valence-corrected chi connectivity index (χ4v) is 3.38. The molecule has 2 amide bonds. The highest BCUT2D eigenvalue weighted by atomic mass is 16.5. The minimum absolute atomic E-state index is 0.126. The van der Waals surface area contributed by atoms with Gasteiger partial charge in [0.1, 0.15) is 12.2 Å². The van der Waals surface area contributed by atoms with Crippen molar-refractivity contribution in [2.24, 2.45) is 0 Å². The fourth-order valence-electron chi connectivity index (χ4n) is 3.38. The molecule has 1 aromatic rings. The lowest BCUT2D eigenvalue weighted by atomic mass is 10.2. The van der Waals surface area contributed by atoms with Gasteiger partial charge in [0.25, 0.3) is 0 Å². The summed E-state index contributed by atoms with van der Waals surface area (Å²) in [6.45, 7) is 8.78. The van der Waals surface area contributed by atoms with E-state index in [4.69, 9.17) is 4.74 Å². The van der Waals surface area contributed by atoms with Crippen molar-refractivity contribution in [2.75, 3.05) is 44.6 Å². The fraction of sp³-hybridized carbons (Fsp3) is 0.619. The Morgan fingerprint density at radius 2 is 1.81 bits per heavy atom. The average Bonchev–Trinajstić information content (AvgIpc) is 2.93. The van der Waals surface area contributed by atoms with Gasteiger partial charge in [0.2, 0.25) is 11.8 Å². The molecule has 0 spiro atoms. The third kappa shape index (κ3) is 7.21. The van der Waals surface area contributed by atoms with Crippen LogP contribution in [-0.2, 0) is 9.59 Å². The number of anilines is 1. The Labute approximate surface area is 162 Å². The highest BCUT2D eigenvalue weighted by Gasteiger charge is 2.18. The number of amides is 2. The van der Waals surface area contributed by atoms with E-state index in [0.717, 1.165) is 19.6 Å². The minimum Gasteiger partial charge on any atom is -0.492 e. The van der Waals surface area contributed by atoms with E-state index in [1.165, 1.54) is 25.7 Å². The smallest absolute Gasteiger partial charge is 0.233 e. The molecule has 1 fully saturated rings. The van der Waals surface area contributed by atoms with Crippen LogP contribution < -0.4 is 10.1 Å². The topological polar surface area (TPSA) is 61.9 Å². The molecule has 0 radical (unpaired) electrons. The number of benzene rings is 1. The van der Waals surface area contributed by atoms with Gasteiger partial charge in [-0.2, -0.15) is 0 Å². The molecular weight excluding hydrogens is 342 g/mol. The van der Waals surface area contributed by atoms with Crippen LogP contribution in [-0.4, -0.2) is 60.9 Å². The van der Waals surface area contributed by atoms with Gasteiger partial charge in [-0.25, -0.2) is 0 Å². The number of likely N-dealkylation sites (tertiary alicyclic amines) is 1. The molecule has 0 aliphatic carbocycles. The molecule has 1 aliphatic rings. The molecule has 0 atom stereocenters. The molecule has 1 N–H and O–H groups in total. The van der Waals surface area contributed by atoms with Gasteiger partial charge in [-0.15, -0.1) is 0 Å². The summed E-state index contributed by atoms with van der Waals surface area (Å²) in [4.78, 5) is 29.1. The Morgan fingerprint density at radius 1 is 1.11 bits per heavy atom. The van der Waals surface area contributed by atoms with E-state index in [1.807, 2.05) is 26.0 Å². The predicted molar refractivity (Wildman–Crippen MR) is 108 cm³/mol. The van der Waals surface area contributed by atoms with Crippen LogP contribution in [0.3, 0.4) is 0 Å². The lowest BCUT2D eigenvalue weighted by Crippen LogP contribution is -2.40. The largest absolute Gasteiger partial charge is 0.492 e. The van der Waals surface area contributed by atoms with Gasteiger partial charge < -0.3 is 19.9 Å². The van der Waals surface area contributed by atoms with Crippen LogP contribution in [0.5, 0.6) is 5.75 Å². The molecule has 1 aromatic carbocycles. The maximum atomic E-state index is 12.5. The van der Waals surface area contributed by atoms with Crippen molar-refractivity contribution >= 4 is 17.5 Å². The van der Waals surface area contributed by atoms with E-state index in [-0.39, 0.29) is 18.2 Å². The first-order valence-electron chi connectivity index (χ1n) is 10.2. The van der Waals surface area contributed by atoms with Crippen LogP contribution >= 0.6 is 0 Å². The third-order valence-corrected chi connectivity index (χ3v) is 4.89. The molecule has 0 aromatic heterocycles. The Hall–Kier alpha value is -2.08. The van der Waals surface area contributed by atoms with Gasteiger partial charge in [0.15, 0.2) is 0 Å². The van der Waals surface area contributed by atoms with Gasteiger partial charge in [0, 0.05) is 19.6 Å². The van der Waals surface area contributed by atoms with Gasteiger partial charge in [-0.3, -0.25) is 9.59 Å². The van der Waals surface area contributed by atoms with Crippen molar-refractivity contribution in [1.82, 2.24) is 9.80 Å². The lowest BCUT2D eigenvalue weighted by molar-refractivity contribution is -0.134. The highest BCUT2D eigenvalue weighted by Crippen LogP contribution is 2.23. The average molecular weight is 376 g/mol. The molecule has 6 nitrogen and oxygen atoms in total. The molecule has 2 rings (SSSR count). The summed E-state index contributed by atoms with van der Waals surface area (Å²) in [5.74, 6) is 0.188. The zero-order valence-corrected chi connectivity index (χ0v) is 16.7. The number of ether oxygens (including phenoxy) is 1. The SMILES string of the molecule is CCOc1ccccc1NC(=O)CC(=O)N(CC)CCN1CCCCCC1. The summed E-state index contributed by atoms with van der Waals surface area (Å²) >= 11 is 0. The van der Waals surface area contributed by atoms with Crippen LogP contribution in [0.1, 0.15) is 46.0 Å². The molecule has 1 aliphatic heterocycles. The second-order valence-electron chi connectivity index (χ2n) is 6.88. The lowest BCUT2D eigenvalue weighted by Gasteiger charge is -2.26. The van der Waals surface area contributed by atoms with E-state index >= 15 is 0 Å². The molecule has 0 bridgehead atoms. The number of carbonyl (C=O) groups is 2. The van der Waals surface area contributed by atoms with E-state index < -0.39 is 0 Å². The maximum absolute atomic E-state index is 12.5. The summed E-state index contributed by atoms with van der Waals surface area (Å²) < 4.78 is 5.51. The van der Waals surface area contributed by atoms with Gasteiger partial charge >= 0.3 is 0 Å². The zero-order valence-electron chi connectivity index (χ0n) is 16.7. The third-order valence-electron chi connectivity index (χ3n) is 4.89. The number of nitrogens with zero attached hydrogens (tertiary/aromatic N) is 2. The molecule has 150 valence electrons. The highest BCUT2D eigenvalue weighted by molar-refractivity contribution is 6.04. The van der Waals surface area contributed by atoms with Crippen molar-refractivity contribution < 1.29 is 14.3 Å². The number of likely N-dealkylation sites (N-methyl/N-ethyl adjacent to an activating group) is 1. The van der Waals surface area contributed by atoms with Crippen molar-refractivity contribution in [3.63, 3.8) is 0 Å². The molecule has 6 heteroatoms. The summed E-state index contributed by atoms with van der Waals surface area (Å²) in [6, 6.07) is 7.28. The number of para-hydroxylation sites is 2. The quantitative estimate of drug-likeness (QED) is 0.674. The van der Waals surface area contributed by atoms with E-state index in [1.54, 1.807) is 17.0 Å². The number of hydrogen-bond donors (Lipinski definition) is 1. The Balaban J connectivity index is 1.83. The first-order valence-corrected chi connectivity index (χ1v) is 10.2. The molecule has 0 unspecified atom stereocenters. The van der Waals surface area contributed by atoms with E-state index in [9.17, 15) is 9.59 Å². The van der Waals surface area contributed by atoms with Crippen LogP contribution in [0, 0.1) is 0 Å². The predicted octanol–water partition coefficient (Wildman–Crippen LogP) is 3.14. The Morgan fingerprint density at radius 3 is 2.48 bits per heavy atom. The first-order chi connectivity index (χ1) is 13.1. The van der Waals surface area contributed by atoms with Crippen LogP contribution in [0.15, 0.2) is 24.3 Å². The second-order valence-corrected chi connectivity index (χ2v) is 6.88. The van der Waals surface area contributed by atoms with E-state index in [2.05, 4.69) is 10.2 Å². The molecular formula is C21H33N3O3. The van der Waals surface area contributed by atoms with Crippen molar-refractivity contribution in [3.05, 3.63) is 24.3 Å². The molecule has 1 heterocycles. The standard InChI is InChI=1S/C21H33N3O3/c1-3-24(16-15-23-13-9-5-6-10-14-23)21(26)17-20(25)22-18-11-7-8-12-19(18)27-4-2/h7-8,11-12H,3-6,9-10,13-17H2,1-2H3,(H,22,25). The molecule has 27 heavy (non-hydrogen) atoms. The number of rotatable bonds is 9. The van der Waals surface area contributed by atoms with Crippen molar-refractivity contribution in [3.8, 4) is 5.75 Å². The minimum atomic E-state index is -0.305. The van der Waals surface area contributed by atoms with Crippen LogP contribution in [0.2, 0.25) is 0 Å². The summed E-state index contributed by atoms with van der Waals surface area (Å²) in [5.41, 5.74) is 0.602. The molecule has 1 saturated heterocycles. The van der Waals surface area contributed by atoms with Gasteiger partial charge in [0.05, 0.1) is 12.3 Å².